The van der Waals surface area contributed by atoms with Crippen molar-refractivity contribution in [1.82, 2.24) is 16.0 Å². The second-order valence-electron chi connectivity index (χ2n) is 3.25. The quantitative estimate of drug-likeness (QED) is 0.485. The molecule has 96 valence electrons. The Labute approximate surface area is 97.7 Å². The van der Waals surface area contributed by atoms with Crippen LogP contribution in [0.15, 0.2) is 0 Å². The van der Waals surface area contributed by atoms with E-state index in [1.165, 1.54) is 14.0 Å². The second kappa shape index (κ2) is 7.20. The Morgan fingerprint density at radius 3 is 2.24 bits per heavy atom. The lowest BCUT2D eigenvalue weighted by Gasteiger charge is -2.12. The molecule has 0 aliphatic rings. The van der Waals surface area contributed by atoms with Gasteiger partial charge in [0, 0.05) is 13.5 Å². The lowest BCUT2D eigenvalue weighted by molar-refractivity contribution is -0.138. The molecule has 0 aliphatic heterocycles. The number of carboxylic acids is 1. The zero-order valence-electron chi connectivity index (χ0n) is 9.57. The molecule has 8 nitrogen and oxygen atoms in total. The highest BCUT2D eigenvalue weighted by Crippen LogP contribution is 1.89. The molecule has 1 unspecified atom stereocenters. The van der Waals surface area contributed by atoms with E-state index in [2.05, 4.69) is 10.6 Å². The highest BCUT2D eigenvalue weighted by molar-refractivity contribution is 5.97. The molecule has 0 aromatic rings. The van der Waals surface area contributed by atoms with Gasteiger partial charge < -0.3 is 15.7 Å². The summed E-state index contributed by atoms with van der Waals surface area (Å²) in [5.41, 5.74) is 0. The van der Waals surface area contributed by atoms with Gasteiger partial charge in [0.05, 0.1) is 6.42 Å². The summed E-state index contributed by atoms with van der Waals surface area (Å²) in [5.74, 6) is -2.24. The van der Waals surface area contributed by atoms with Gasteiger partial charge in [0.2, 0.25) is 11.8 Å². The smallest absolute Gasteiger partial charge is 0.322 e. The maximum Gasteiger partial charge on any atom is 0.322 e. The minimum atomic E-state index is -1.13. The number of hydrogen-bond donors (Lipinski definition) is 4. The summed E-state index contributed by atoms with van der Waals surface area (Å²) < 4.78 is 0. The van der Waals surface area contributed by atoms with Crippen LogP contribution in [-0.2, 0) is 14.4 Å². The highest BCUT2D eigenvalue weighted by Gasteiger charge is 2.15. The Morgan fingerprint density at radius 1 is 1.18 bits per heavy atom. The third-order valence-corrected chi connectivity index (χ3v) is 1.81. The first-order valence-corrected chi connectivity index (χ1v) is 4.90. The van der Waals surface area contributed by atoms with Crippen molar-refractivity contribution in [3.8, 4) is 0 Å². The maximum absolute atomic E-state index is 11.2. The number of nitrogens with one attached hydrogen (secondary N) is 3. The average Bonchev–Trinajstić information content (AvgIpc) is 2.24. The van der Waals surface area contributed by atoms with Gasteiger partial charge in [-0.3, -0.25) is 19.7 Å². The maximum atomic E-state index is 11.2. The summed E-state index contributed by atoms with van der Waals surface area (Å²) in [7, 11) is 1.41. The molecular weight excluding hydrogens is 230 g/mol. The molecule has 0 rings (SSSR count). The van der Waals surface area contributed by atoms with Crippen LogP contribution < -0.4 is 16.0 Å². The van der Waals surface area contributed by atoms with Gasteiger partial charge in [0.15, 0.2) is 0 Å². The molecule has 4 N–H and O–H groups in total. The van der Waals surface area contributed by atoms with E-state index in [1.54, 1.807) is 0 Å². The summed E-state index contributed by atoms with van der Waals surface area (Å²) in [6.07, 6.45) is -0.652. The molecule has 4 amide bonds. The van der Waals surface area contributed by atoms with Crippen molar-refractivity contribution in [3.05, 3.63) is 0 Å². The van der Waals surface area contributed by atoms with Crippen LogP contribution in [0.5, 0.6) is 0 Å². The van der Waals surface area contributed by atoms with E-state index in [-0.39, 0.29) is 12.8 Å². The van der Waals surface area contributed by atoms with Crippen molar-refractivity contribution in [3.63, 3.8) is 0 Å². The first kappa shape index (κ1) is 14.9. The van der Waals surface area contributed by atoms with Crippen LogP contribution >= 0.6 is 0 Å². The van der Waals surface area contributed by atoms with Crippen molar-refractivity contribution in [2.24, 2.45) is 0 Å². The van der Waals surface area contributed by atoms with Crippen molar-refractivity contribution < 1.29 is 24.3 Å². The predicted octanol–water partition coefficient (Wildman–Crippen LogP) is -1.19. The molecular formula is C9H15N3O5. The summed E-state index contributed by atoms with van der Waals surface area (Å²) in [6, 6.07) is -1.62. The van der Waals surface area contributed by atoms with E-state index in [4.69, 9.17) is 5.11 Å². The van der Waals surface area contributed by atoms with E-state index >= 15 is 0 Å². The van der Waals surface area contributed by atoms with Crippen molar-refractivity contribution in [2.45, 2.75) is 25.8 Å². The summed E-state index contributed by atoms with van der Waals surface area (Å²) >= 11 is 0. The van der Waals surface area contributed by atoms with Gasteiger partial charge in [-0.05, 0) is 6.92 Å². The van der Waals surface area contributed by atoms with E-state index < -0.39 is 29.9 Å². The van der Waals surface area contributed by atoms with Gasteiger partial charge in [-0.1, -0.05) is 0 Å². The number of carbonyl (C=O) groups is 4. The zero-order chi connectivity index (χ0) is 13.4. The molecule has 0 heterocycles. The Balaban J connectivity index is 3.97. The fourth-order valence-electron chi connectivity index (χ4n) is 0.924. The fourth-order valence-corrected chi connectivity index (χ4v) is 0.924. The van der Waals surface area contributed by atoms with Gasteiger partial charge in [-0.15, -0.1) is 0 Å². The third kappa shape index (κ3) is 6.88. The summed E-state index contributed by atoms with van der Waals surface area (Å²) in [5, 5.41) is 14.8. The molecule has 1 atom stereocenters. The van der Waals surface area contributed by atoms with Crippen molar-refractivity contribution >= 4 is 23.8 Å². The first-order chi connectivity index (χ1) is 7.86. The number of carbonyl (C=O) groups excluding carboxylic acids is 3. The number of aliphatic carboxylic acids is 1. The molecule has 0 aromatic carbocycles. The number of amides is 4. The van der Waals surface area contributed by atoms with Gasteiger partial charge in [0.25, 0.3) is 0 Å². The van der Waals surface area contributed by atoms with Gasteiger partial charge >= 0.3 is 12.0 Å². The largest absolute Gasteiger partial charge is 0.481 e. The van der Waals surface area contributed by atoms with Crippen LogP contribution in [0.4, 0.5) is 4.79 Å². The Morgan fingerprint density at radius 2 is 1.76 bits per heavy atom. The number of likely N-dealkylation sites (N-methyl/N-ethyl adjacent to an activating group) is 1. The number of hydrogen-bond acceptors (Lipinski definition) is 4. The standard InChI is InChI=1S/C9H15N3O5/c1-5(8(16)10-2)11-9(17)12-6(13)3-4-7(14)15/h5H,3-4H2,1-2H3,(H,10,16)(H,14,15)(H2,11,12,13,17). The summed E-state index contributed by atoms with van der Waals surface area (Å²) in [4.78, 5) is 43.4. The van der Waals surface area contributed by atoms with Gasteiger partial charge in [-0.2, -0.15) is 0 Å². The number of carboxylic acid groups (broad SMARTS) is 1. The predicted molar refractivity (Wildman–Crippen MR) is 57.1 cm³/mol. The highest BCUT2D eigenvalue weighted by atomic mass is 16.4. The minimum Gasteiger partial charge on any atom is -0.481 e. The van der Waals surface area contributed by atoms with Crippen LogP contribution in [0.3, 0.4) is 0 Å². The number of urea groups is 1. The normalized spacial score (nSPS) is 11.2. The van der Waals surface area contributed by atoms with E-state index in [0.29, 0.717) is 0 Å². The van der Waals surface area contributed by atoms with Crippen LogP contribution in [0.1, 0.15) is 19.8 Å². The summed E-state index contributed by atoms with van der Waals surface area (Å²) in [6.45, 7) is 1.44. The van der Waals surface area contributed by atoms with Crippen LogP contribution in [0.25, 0.3) is 0 Å². The molecule has 8 heteroatoms. The third-order valence-electron chi connectivity index (χ3n) is 1.81. The number of rotatable bonds is 5. The first-order valence-electron chi connectivity index (χ1n) is 4.90. The van der Waals surface area contributed by atoms with E-state index in [9.17, 15) is 19.2 Å². The number of imide groups is 1. The van der Waals surface area contributed by atoms with Crippen LogP contribution in [-0.4, -0.2) is 42.0 Å². The van der Waals surface area contributed by atoms with E-state index in [1.807, 2.05) is 5.32 Å². The molecule has 0 spiro atoms. The molecule has 0 saturated carbocycles. The van der Waals surface area contributed by atoms with Gasteiger partial charge in [0.1, 0.15) is 6.04 Å². The second-order valence-corrected chi connectivity index (χ2v) is 3.25. The Kier molecular flexibility index (Phi) is 6.30. The fraction of sp³-hybridized carbons (Fsp3) is 0.556. The average molecular weight is 245 g/mol. The SMILES string of the molecule is CNC(=O)C(C)NC(=O)NC(=O)CCC(=O)O. The minimum absolute atomic E-state index is 0.295. The van der Waals surface area contributed by atoms with Crippen molar-refractivity contribution in [2.75, 3.05) is 7.05 Å². The van der Waals surface area contributed by atoms with Crippen LogP contribution in [0, 0.1) is 0 Å². The lowest BCUT2D eigenvalue weighted by Crippen LogP contribution is -2.49. The molecule has 0 aliphatic carbocycles. The molecule has 0 aromatic heterocycles. The molecule has 0 saturated heterocycles. The Hall–Kier alpha value is -2.12. The lowest BCUT2D eigenvalue weighted by atomic mass is 10.3. The molecule has 17 heavy (non-hydrogen) atoms. The van der Waals surface area contributed by atoms with Crippen molar-refractivity contribution in [1.29, 1.82) is 0 Å². The topological polar surface area (TPSA) is 125 Å². The van der Waals surface area contributed by atoms with Crippen LogP contribution in [0.2, 0.25) is 0 Å². The molecule has 0 radical (unpaired) electrons. The van der Waals surface area contributed by atoms with Gasteiger partial charge in [-0.25, -0.2) is 4.79 Å². The Bertz CT molecular complexity index is 329. The monoisotopic (exact) mass is 245 g/mol. The molecule has 0 bridgehead atoms. The van der Waals surface area contributed by atoms with E-state index in [0.717, 1.165) is 0 Å². The zero-order valence-corrected chi connectivity index (χ0v) is 9.57. The molecule has 0 fully saturated rings.